The van der Waals surface area contributed by atoms with Gasteiger partial charge in [0, 0.05) is 18.9 Å². The van der Waals surface area contributed by atoms with Crippen molar-refractivity contribution in [1.82, 2.24) is 0 Å². The second-order valence-corrected chi connectivity index (χ2v) is 4.08. The number of hydrogen-bond acceptors (Lipinski definition) is 3. The number of hydrogen-bond donors (Lipinski definition) is 0. The van der Waals surface area contributed by atoms with Gasteiger partial charge in [-0.2, -0.15) is 0 Å². The Kier molecular flexibility index (Phi) is 12.0. The predicted molar refractivity (Wildman–Crippen MR) is 87.9 cm³/mol. The summed E-state index contributed by atoms with van der Waals surface area (Å²) in [6.45, 7) is 9.17. The third kappa shape index (κ3) is 7.46. The molecule has 0 N–H and O–H groups in total. The number of anilines is 1. The molecule has 0 atom stereocenters. The van der Waals surface area contributed by atoms with Gasteiger partial charge in [0.2, 0.25) is 5.91 Å². The van der Waals surface area contributed by atoms with Gasteiger partial charge in [0.15, 0.2) is 6.29 Å². The topological polar surface area (TPSA) is 38.8 Å². The summed E-state index contributed by atoms with van der Waals surface area (Å²) < 4.78 is 10.9. The first-order valence-electron chi connectivity index (χ1n) is 7.37. The predicted octanol–water partition coefficient (Wildman–Crippen LogP) is 3.68. The Balaban J connectivity index is 0.00000191. The molecule has 21 heavy (non-hydrogen) atoms. The van der Waals surface area contributed by atoms with Crippen molar-refractivity contribution in [2.75, 3.05) is 30.5 Å². The number of alkyl halides is 1. The minimum atomic E-state index is -0.442. The van der Waals surface area contributed by atoms with Gasteiger partial charge in [0.25, 0.3) is 0 Å². The largest absolute Gasteiger partial charge is 0.351 e. The molecule has 0 fully saturated rings. The van der Waals surface area contributed by atoms with Crippen molar-refractivity contribution in [3.63, 3.8) is 0 Å². The molecule has 0 radical (unpaired) electrons. The van der Waals surface area contributed by atoms with Crippen molar-refractivity contribution in [1.29, 1.82) is 0 Å². The molecule has 1 amide bonds. The zero-order valence-electron chi connectivity index (χ0n) is 13.3. The molecule has 120 valence electrons. The van der Waals surface area contributed by atoms with E-state index in [9.17, 15) is 4.79 Å². The van der Waals surface area contributed by atoms with Crippen LogP contribution in [0.2, 0.25) is 0 Å². The maximum Gasteiger partial charge on any atom is 0.242 e. The second-order valence-electron chi connectivity index (χ2n) is 3.81. The number of ether oxygens (including phenoxy) is 2. The van der Waals surface area contributed by atoms with Gasteiger partial charge in [-0.1, -0.05) is 32.0 Å². The summed E-state index contributed by atoms with van der Waals surface area (Å²) in [6, 6.07) is 9.37. The normalized spacial score (nSPS) is 10.0. The highest BCUT2D eigenvalue weighted by Crippen LogP contribution is 2.15. The highest BCUT2D eigenvalue weighted by atomic mass is 35.5. The average Bonchev–Trinajstić information content (AvgIpc) is 2.55. The minimum absolute atomic E-state index is 0.0696. The van der Waals surface area contributed by atoms with Gasteiger partial charge in [-0.05, 0) is 26.0 Å². The van der Waals surface area contributed by atoms with Gasteiger partial charge in [0.05, 0.1) is 6.54 Å². The first-order chi connectivity index (χ1) is 10.2. The maximum atomic E-state index is 11.9. The summed E-state index contributed by atoms with van der Waals surface area (Å²) in [4.78, 5) is 13.5. The summed E-state index contributed by atoms with van der Waals surface area (Å²) >= 11 is 5.66. The van der Waals surface area contributed by atoms with Crippen LogP contribution in [-0.2, 0) is 14.3 Å². The fourth-order valence-electron chi connectivity index (χ4n) is 1.71. The average molecular weight is 316 g/mol. The Labute approximate surface area is 133 Å². The number of carbonyl (C=O) groups excluding carboxylic acids is 1. The summed E-state index contributed by atoms with van der Waals surface area (Å²) in [5.41, 5.74) is 0.789. The molecule has 0 aliphatic rings. The number of amides is 1. The lowest BCUT2D eigenvalue weighted by Gasteiger charge is -2.27. The van der Waals surface area contributed by atoms with E-state index < -0.39 is 6.29 Å². The van der Waals surface area contributed by atoms with Crippen LogP contribution >= 0.6 is 11.6 Å². The summed E-state index contributed by atoms with van der Waals surface area (Å²) in [5.74, 6) is -0.239. The van der Waals surface area contributed by atoms with Crippen LogP contribution in [-0.4, -0.2) is 37.8 Å². The van der Waals surface area contributed by atoms with E-state index in [1.54, 1.807) is 4.90 Å². The first-order valence-corrected chi connectivity index (χ1v) is 7.90. The lowest BCUT2D eigenvalue weighted by Crippen LogP contribution is -2.40. The van der Waals surface area contributed by atoms with Crippen molar-refractivity contribution < 1.29 is 14.3 Å². The molecular weight excluding hydrogens is 290 g/mol. The molecule has 1 aromatic rings. The Hall–Kier alpha value is -1.10. The van der Waals surface area contributed by atoms with Crippen LogP contribution in [0.3, 0.4) is 0 Å². The van der Waals surface area contributed by atoms with E-state index in [1.807, 2.05) is 58.0 Å². The Bertz CT molecular complexity index is 367. The third-order valence-electron chi connectivity index (χ3n) is 2.52. The Morgan fingerprint density at radius 3 is 2.10 bits per heavy atom. The van der Waals surface area contributed by atoms with Crippen LogP contribution in [0.15, 0.2) is 30.3 Å². The number of rotatable bonds is 8. The molecule has 1 aromatic carbocycles. The van der Waals surface area contributed by atoms with E-state index in [-0.39, 0.29) is 11.8 Å². The SMILES string of the molecule is CC.CCOC(CN(C(=O)CCl)c1ccccc1)OCC. The molecular formula is C16H26ClNO3. The van der Waals surface area contributed by atoms with Crippen LogP contribution in [0.4, 0.5) is 5.69 Å². The van der Waals surface area contributed by atoms with Crippen LogP contribution in [0.25, 0.3) is 0 Å². The van der Waals surface area contributed by atoms with Gasteiger partial charge in [-0.3, -0.25) is 4.79 Å². The highest BCUT2D eigenvalue weighted by Gasteiger charge is 2.20. The summed E-state index contributed by atoms with van der Waals surface area (Å²) in [5, 5.41) is 0. The fraction of sp³-hybridized carbons (Fsp3) is 0.562. The smallest absolute Gasteiger partial charge is 0.242 e. The number of para-hydroxylation sites is 1. The summed E-state index contributed by atoms with van der Waals surface area (Å²) in [6.07, 6.45) is -0.442. The molecule has 0 bridgehead atoms. The van der Waals surface area contributed by atoms with E-state index in [1.165, 1.54) is 0 Å². The number of nitrogens with zero attached hydrogens (tertiary/aromatic N) is 1. The molecule has 4 nitrogen and oxygen atoms in total. The van der Waals surface area contributed by atoms with Crippen molar-refractivity contribution in [3.8, 4) is 0 Å². The van der Waals surface area contributed by atoms with Gasteiger partial charge in [-0.25, -0.2) is 0 Å². The van der Waals surface area contributed by atoms with E-state index in [0.717, 1.165) is 5.69 Å². The van der Waals surface area contributed by atoms with Gasteiger partial charge < -0.3 is 14.4 Å². The van der Waals surface area contributed by atoms with Crippen LogP contribution in [0, 0.1) is 0 Å². The zero-order valence-corrected chi connectivity index (χ0v) is 14.1. The van der Waals surface area contributed by atoms with Crippen molar-refractivity contribution in [2.24, 2.45) is 0 Å². The van der Waals surface area contributed by atoms with Gasteiger partial charge in [-0.15, -0.1) is 11.6 Å². The number of halogens is 1. The molecule has 1 rings (SSSR count). The lowest BCUT2D eigenvalue weighted by atomic mass is 10.3. The molecule has 0 aromatic heterocycles. The van der Waals surface area contributed by atoms with E-state index in [4.69, 9.17) is 21.1 Å². The van der Waals surface area contributed by atoms with Crippen molar-refractivity contribution in [2.45, 2.75) is 34.0 Å². The second kappa shape index (κ2) is 12.6. The molecule has 0 aliphatic heterocycles. The quantitative estimate of drug-likeness (QED) is 0.542. The third-order valence-corrected chi connectivity index (χ3v) is 2.75. The Morgan fingerprint density at radius 2 is 1.67 bits per heavy atom. The monoisotopic (exact) mass is 315 g/mol. The molecule has 0 aliphatic carbocycles. The zero-order chi connectivity index (χ0) is 16.1. The van der Waals surface area contributed by atoms with E-state index in [0.29, 0.717) is 19.8 Å². The standard InChI is InChI=1S/C14H20ClNO3.C2H6/c1-3-18-14(19-4-2)11-16(13(17)10-15)12-8-6-5-7-9-12;1-2/h5-9,14H,3-4,10-11H2,1-2H3;1-2H3. The number of carbonyl (C=O) groups is 1. The molecule has 0 unspecified atom stereocenters. The first kappa shape index (κ1) is 19.9. The maximum absolute atomic E-state index is 11.9. The van der Waals surface area contributed by atoms with Gasteiger partial charge >= 0.3 is 0 Å². The van der Waals surface area contributed by atoms with Crippen LogP contribution in [0.1, 0.15) is 27.7 Å². The summed E-state index contributed by atoms with van der Waals surface area (Å²) in [7, 11) is 0. The number of benzene rings is 1. The highest BCUT2D eigenvalue weighted by molar-refractivity contribution is 6.29. The van der Waals surface area contributed by atoms with Crippen molar-refractivity contribution in [3.05, 3.63) is 30.3 Å². The fourth-order valence-corrected chi connectivity index (χ4v) is 1.85. The molecule has 0 saturated heterocycles. The van der Waals surface area contributed by atoms with E-state index >= 15 is 0 Å². The minimum Gasteiger partial charge on any atom is -0.351 e. The van der Waals surface area contributed by atoms with E-state index in [2.05, 4.69) is 0 Å². The van der Waals surface area contributed by atoms with Gasteiger partial charge in [0.1, 0.15) is 5.88 Å². The van der Waals surface area contributed by atoms with Crippen LogP contribution < -0.4 is 4.90 Å². The molecule has 0 heterocycles. The molecule has 0 saturated carbocycles. The Morgan fingerprint density at radius 1 is 1.14 bits per heavy atom. The van der Waals surface area contributed by atoms with Crippen molar-refractivity contribution >= 4 is 23.2 Å². The lowest BCUT2D eigenvalue weighted by molar-refractivity contribution is -0.135. The molecule has 0 spiro atoms. The molecule has 5 heteroatoms. The van der Waals surface area contributed by atoms with Crippen LogP contribution in [0.5, 0.6) is 0 Å².